The Labute approximate surface area is 120 Å². The van der Waals surface area contributed by atoms with Crippen LogP contribution in [0.5, 0.6) is 0 Å². The van der Waals surface area contributed by atoms with E-state index >= 15 is 0 Å². The van der Waals surface area contributed by atoms with Crippen LogP contribution >= 0.6 is 0 Å². The molecule has 0 amide bonds. The van der Waals surface area contributed by atoms with Gasteiger partial charge in [0.2, 0.25) is 0 Å². The zero-order chi connectivity index (χ0) is 16.1. The Kier molecular flexibility index (Phi) is 9.79. The molecule has 1 atom stereocenters. The Bertz CT molecular complexity index is 364. The van der Waals surface area contributed by atoms with Crippen molar-refractivity contribution in [2.45, 2.75) is 6.10 Å². The maximum absolute atomic E-state index is 11.1. The molecule has 0 heterocycles. The van der Waals surface area contributed by atoms with E-state index in [1.165, 1.54) is 7.11 Å². The molecule has 0 radical (unpaired) electrons. The molecule has 120 valence electrons. The molecule has 0 aromatic heterocycles. The molecule has 1 unspecified atom stereocenters. The predicted molar refractivity (Wildman–Crippen MR) is 64.2 cm³/mol. The van der Waals surface area contributed by atoms with E-state index in [9.17, 15) is 14.4 Å². The van der Waals surface area contributed by atoms with Gasteiger partial charge in [0.15, 0.2) is 6.10 Å². The minimum Gasteiger partial charge on any atom is -0.501 e. The van der Waals surface area contributed by atoms with Crippen LogP contribution in [0.3, 0.4) is 0 Å². The van der Waals surface area contributed by atoms with Crippen molar-refractivity contribution < 1.29 is 47.5 Å². The van der Waals surface area contributed by atoms with E-state index in [-0.39, 0.29) is 0 Å². The third-order valence-electron chi connectivity index (χ3n) is 1.73. The molecule has 0 saturated carbocycles. The van der Waals surface area contributed by atoms with E-state index in [0.29, 0.717) is 0 Å². The summed E-state index contributed by atoms with van der Waals surface area (Å²) in [5.74, 6) is 0. The third-order valence-corrected chi connectivity index (χ3v) is 1.73. The molecule has 10 nitrogen and oxygen atoms in total. The zero-order valence-electron chi connectivity index (χ0n) is 11.7. The monoisotopic (exact) mass is 308 g/mol. The second-order valence-corrected chi connectivity index (χ2v) is 3.15. The highest BCUT2D eigenvalue weighted by Gasteiger charge is 2.20. The molecule has 0 fully saturated rings. The lowest BCUT2D eigenvalue weighted by atomic mass is 10.4. The minimum absolute atomic E-state index is 0.400. The van der Waals surface area contributed by atoms with E-state index in [4.69, 9.17) is 4.74 Å². The maximum atomic E-state index is 11.1. The van der Waals surface area contributed by atoms with E-state index < -0.39 is 37.8 Å². The number of hydrogen-bond acceptors (Lipinski definition) is 10. The van der Waals surface area contributed by atoms with Gasteiger partial charge < -0.3 is 33.2 Å². The summed E-state index contributed by atoms with van der Waals surface area (Å²) in [5.41, 5.74) is 0. The number of rotatable bonds is 7. The van der Waals surface area contributed by atoms with Crippen LogP contribution in [0.25, 0.3) is 0 Å². The lowest BCUT2D eigenvalue weighted by molar-refractivity contribution is -0.0354. The van der Waals surface area contributed by atoms with Crippen molar-refractivity contribution >= 4 is 18.5 Å². The Balaban J connectivity index is 4.25. The van der Waals surface area contributed by atoms with Crippen molar-refractivity contribution in [2.24, 2.45) is 0 Å². The molecule has 0 N–H and O–H groups in total. The molecule has 21 heavy (non-hydrogen) atoms. The van der Waals surface area contributed by atoms with E-state index in [2.05, 4.69) is 28.4 Å². The molecular weight excluding hydrogens is 292 g/mol. The van der Waals surface area contributed by atoms with Crippen molar-refractivity contribution in [3.05, 3.63) is 12.5 Å². The summed E-state index contributed by atoms with van der Waals surface area (Å²) in [7, 11) is 3.55. The smallest absolute Gasteiger partial charge is 0.501 e. The maximum Gasteiger partial charge on any atom is 0.513 e. The highest BCUT2D eigenvalue weighted by molar-refractivity contribution is 5.61. The number of methoxy groups -OCH3 is 3. The number of hydrogen-bond donors (Lipinski definition) is 0. The molecule has 0 aliphatic carbocycles. The van der Waals surface area contributed by atoms with Crippen LogP contribution < -0.4 is 0 Å². The molecule has 0 aromatic rings. The summed E-state index contributed by atoms with van der Waals surface area (Å²) < 4.78 is 31.3. The van der Waals surface area contributed by atoms with E-state index in [1.807, 2.05) is 0 Å². The molecule has 0 rings (SSSR count). The second kappa shape index (κ2) is 11.2. The van der Waals surface area contributed by atoms with Gasteiger partial charge in [0.05, 0.1) is 21.3 Å². The van der Waals surface area contributed by atoms with Crippen molar-refractivity contribution in [2.75, 3.05) is 34.5 Å². The van der Waals surface area contributed by atoms with Crippen LogP contribution in [0, 0.1) is 0 Å². The summed E-state index contributed by atoms with van der Waals surface area (Å²) in [6, 6.07) is 0. The van der Waals surface area contributed by atoms with Crippen molar-refractivity contribution in [1.82, 2.24) is 0 Å². The molecule has 0 spiro atoms. The van der Waals surface area contributed by atoms with E-state index in [1.54, 1.807) is 0 Å². The van der Waals surface area contributed by atoms with Crippen LogP contribution in [0.2, 0.25) is 0 Å². The first-order chi connectivity index (χ1) is 10.0. The van der Waals surface area contributed by atoms with Gasteiger partial charge >= 0.3 is 18.5 Å². The van der Waals surface area contributed by atoms with Crippen LogP contribution in [-0.4, -0.2) is 59.1 Å². The molecular formula is C11H16O10. The SMILES string of the molecule is CO/C=C\OC(=O)OCC(COC(=O)OC)OC(=O)OC. The first-order valence-electron chi connectivity index (χ1n) is 5.50. The van der Waals surface area contributed by atoms with Gasteiger partial charge in [-0.1, -0.05) is 0 Å². The zero-order valence-corrected chi connectivity index (χ0v) is 11.7. The normalized spacial score (nSPS) is 11.2. The van der Waals surface area contributed by atoms with Crippen molar-refractivity contribution in [1.29, 1.82) is 0 Å². The first-order valence-corrected chi connectivity index (χ1v) is 5.50. The van der Waals surface area contributed by atoms with Crippen LogP contribution in [0.15, 0.2) is 12.5 Å². The van der Waals surface area contributed by atoms with Gasteiger partial charge in [0.1, 0.15) is 25.7 Å². The quantitative estimate of drug-likeness (QED) is 0.385. The van der Waals surface area contributed by atoms with Crippen molar-refractivity contribution in [3.63, 3.8) is 0 Å². The lowest BCUT2D eigenvalue weighted by Crippen LogP contribution is -2.30. The van der Waals surface area contributed by atoms with Gasteiger partial charge in [-0.15, -0.1) is 0 Å². The topological polar surface area (TPSA) is 116 Å². The van der Waals surface area contributed by atoms with Crippen LogP contribution in [0.4, 0.5) is 14.4 Å². The second-order valence-electron chi connectivity index (χ2n) is 3.15. The molecule has 10 heteroatoms. The summed E-state index contributed by atoms with van der Waals surface area (Å²) in [6.45, 7) is -0.825. The average molecular weight is 308 g/mol. The highest BCUT2D eigenvalue weighted by atomic mass is 16.8. The fraction of sp³-hybridized carbons (Fsp3) is 0.545. The number of carbonyl (C=O) groups is 3. The Morgan fingerprint density at radius 3 is 1.95 bits per heavy atom. The third kappa shape index (κ3) is 9.87. The number of ether oxygens (including phenoxy) is 7. The molecule has 0 bridgehead atoms. The Morgan fingerprint density at radius 2 is 1.43 bits per heavy atom. The van der Waals surface area contributed by atoms with Crippen LogP contribution in [0.1, 0.15) is 0 Å². The Hall–Kier alpha value is -2.65. The molecule has 0 aliphatic heterocycles. The van der Waals surface area contributed by atoms with Crippen molar-refractivity contribution in [3.8, 4) is 0 Å². The van der Waals surface area contributed by atoms with E-state index in [0.717, 1.165) is 26.7 Å². The largest absolute Gasteiger partial charge is 0.513 e. The van der Waals surface area contributed by atoms with Gasteiger partial charge in [-0.2, -0.15) is 0 Å². The lowest BCUT2D eigenvalue weighted by Gasteiger charge is -2.16. The Morgan fingerprint density at radius 1 is 0.857 bits per heavy atom. The molecule has 0 aromatic carbocycles. The summed E-state index contributed by atoms with van der Waals surface area (Å²) in [6.07, 6.45) is -2.13. The van der Waals surface area contributed by atoms with Gasteiger partial charge in [-0.3, -0.25) is 0 Å². The molecule has 0 aliphatic rings. The van der Waals surface area contributed by atoms with Gasteiger partial charge in [-0.25, -0.2) is 14.4 Å². The summed E-state index contributed by atoms with van der Waals surface area (Å²) in [4.78, 5) is 32.9. The minimum atomic E-state index is -1.09. The molecule has 0 saturated heterocycles. The van der Waals surface area contributed by atoms with Gasteiger partial charge in [0, 0.05) is 0 Å². The fourth-order valence-electron chi connectivity index (χ4n) is 0.854. The number of carbonyl (C=O) groups excluding carboxylic acids is 3. The average Bonchev–Trinajstić information content (AvgIpc) is 2.49. The summed E-state index contributed by atoms with van der Waals surface area (Å²) >= 11 is 0. The fourth-order valence-corrected chi connectivity index (χ4v) is 0.854. The van der Waals surface area contributed by atoms with Gasteiger partial charge in [-0.05, 0) is 0 Å². The van der Waals surface area contributed by atoms with Gasteiger partial charge in [0.25, 0.3) is 0 Å². The summed E-state index contributed by atoms with van der Waals surface area (Å²) in [5, 5.41) is 0. The van der Waals surface area contributed by atoms with Crippen LogP contribution in [-0.2, 0) is 33.2 Å². The standard InChI is InChI=1S/C11H16O10/c1-15-4-5-18-11(14)20-7-8(21-10(13)17-3)6-19-9(12)16-2/h4-5,8H,6-7H2,1-3H3/b5-4-. The first kappa shape index (κ1) is 18.4. The highest BCUT2D eigenvalue weighted by Crippen LogP contribution is 2.00. The predicted octanol–water partition coefficient (Wildman–Crippen LogP) is 1.19.